The highest BCUT2D eigenvalue weighted by Gasteiger charge is 2.11. The third-order valence-corrected chi connectivity index (χ3v) is 4.23. The van der Waals surface area contributed by atoms with Gasteiger partial charge in [-0.2, -0.15) is 0 Å². The van der Waals surface area contributed by atoms with Crippen molar-refractivity contribution in [3.05, 3.63) is 65.2 Å². The minimum Gasteiger partial charge on any atom is -0.322 e. The van der Waals surface area contributed by atoms with Crippen molar-refractivity contribution in [3.8, 4) is 0 Å². The number of nitrogens with zero attached hydrogens (tertiary/aromatic N) is 1. The van der Waals surface area contributed by atoms with Gasteiger partial charge in [-0.15, -0.1) is 0 Å². The van der Waals surface area contributed by atoms with E-state index in [1.54, 1.807) is 0 Å². The van der Waals surface area contributed by atoms with Gasteiger partial charge in [0, 0.05) is 44.0 Å². The molecule has 0 saturated carbocycles. The fourth-order valence-electron chi connectivity index (χ4n) is 2.80. The third-order valence-electron chi connectivity index (χ3n) is 4.23. The zero-order valence-electron chi connectivity index (χ0n) is 13.5. The third kappa shape index (κ3) is 4.18. The summed E-state index contributed by atoms with van der Waals surface area (Å²) in [6.07, 6.45) is 0. The van der Waals surface area contributed by atoms with Gasteiger partial charge in [-0.05, 0) is 36.2 Å². The molecule has 0 aliphatic carbocycles. The number of amides is 1. The maximum Gasteiger partial charge on any atom is 0.255 e. The normalized spacial score (nSPS) is 15.3. The van der Waals surface area contributed by atoms with E-state index in [0.29, 0.717) is 5.56 Å². The molecule has 120 valence electrons. The number of aryl methyl sites for hydroxylation is 1. The van der Waals surface area contributed by atoms with Gasteiger partial charge in [-0.1, -0.05) is 30.3 Å². The van der Waals surface area contributed by atoms with Gasteiger partial charge in [0.25, 0.3) is 5.91 Å². The molecule has 1 aliphatic heterocycles. The lowest BCUT2D eigenvalue weighted by molar-refractivity contribution is 0.102. The Labute approximate surface area is 137 Å². The fourth-order valence-corrected chi connectivity index (χ4v) is 2.80. The summed E-state index contributed by atoms with van der Waals surface area (Å²) >= 11 is 0. The maximum absolute atomic E-state index is 12.3. The quantitative estimate of drug-likeness (QED) is 0.912. The molecule has 0 atom stereocenters. The highest BCUT2D eigenvalue weighted by atomic mass is 16.1. The number of anilines is 1. The van der Waals surface area contributed by atoms with Gasteiger partial charge in [-0.3, -0.25) is 9.69 Å². The smallest absolute Gasteiger partial charge is 0.255 e. The number of hydrogen-bond donors (Lipinski definition) is 2. The molecule has 23 heavy (non-hydrogen) atoms. The topological polar surface area (TPSA) is 44.4 Å². The van der Waals surface area contributed by atoms with Crippen molar-refractivity contribution < 1.29 is 4.79 Å². The summed E-state index contributed by atoms with van der Waals surface area (Å²) in [4.78, 5) is 14.8. The molecule has 1 amide bonds. The van der Waals surface area contributed by atoms with Crippen LogP contribution in [0.2, 0.25) is 0 Å². The summed E-state index contributed by atoms with van der Waals surface area (Å²) < 4.78 is 0. The zero-order valence-corrected chi connectivity index (χ0v) is 13.5. The summed E-state index contributed by atoms with van der Waals surface area (Å²) in [6, 6.07) is 15.7. The van der Waals surface area contributed by atoms with E-state index >= 15 is 0 Å². The molecule has 4 nitrogen and oxygen atoms in total. The van der Waals surface area contributed by atoms with Crippen molar-refractivity contribution in [3.63, 3.8) is 0 Å². The van der Waals surface area contributed by atoms with E-state index < -0.39 is 0 Å². The van der Waals surface area contributed by atoms with Crippen LogP contribution in [-0.2, 0) is 6.54 Å². The first-order valence-corrected chi connectivity index (χ1v) is 8.11. The lowest BCUT2D eigenvalue weighted by Crippen LogP contribution is -2.42. The highest BCUT2D eigenvalue weighted by molar-refractivity contribution is 6.04. The SMILES string of the molecule is Cc1ccccc1NC(=O)c1ccc(CN2CCNCC2)cc1. The Hall–Kier alpha value is -2.17. The van der Waals surface area contributed by atoms with Crippen molar-refractivity contribution in [2.24, 2.45) is 0 Å². The van der Waals surface area contributed by atoms with E-state index in [-0.39, 0.29) is 5.91 Å². The first-order chi connectivity index (χ1) is 11.2. The molecule has 4 heteroatoms. The van der Waals surface area contributed by atoms with Gasteiger partial charge in [0.2, 0.25) is 0 Å². The summed E-state index contributed by atoms with van der Waals surface area (Å²) in [5.74, 6) is -0.0620. The maximum atomic E-state index is 12.3. The lowest BCUT2D eigenvalue weighted by atomic mass is 10.1. The Balaban J connectivity index is 1.62. The van der Waals surface area contributed by atoms with Crippen LogP contribution in [0, 0.1) is 6.92 Å². The van der Waals surface area contributed by atoms with Gasteiger partial charge in [0.05, 0.1) is 0 Å². The van der Waals surface area contributed by atoms with Gasteiger partial charge >= 0.3 is 0 Å². The van der Waals surface area contributed by atoms with Crippen molar-refractivity contribution in [2.75, 3.05) is 31.5 Å². The van der Waals surface area contributed by atoms with Crippen LogP contribution in [0.25, 0.3) is 0 Å². The standard InChI is InChI=1S/C19H23N3O/c1-15-4-2-3-5-18(15)21-19(23)17-8-6-16(7-9-17)14-22-12-10-20-11-13-22/h2-9,20H,10-14H2,1H3,(H,21,23). The monoisotopic (exact) mass is 309 g/mol. The Morgan fingerprint density at radius 1 is 1.09 bits per heavy atom. The Morgan fingerprint density at radius 2 is 1.78 bits per heavy atom. The largest absolute Gasteiger partial charge is 0.322 e. The second kappa shape index (κ2) is 7.40. The molecule has 1 aliphatic rings. The molecule has 3 rings (SSSR count). The number of carbonyl (C=O) groups is 1. The molecule has 2 aromatic carbocycles. The van der Waals surface area contributed by atoms with Crippen LogP contribution in [0.4, 0.5) is 5.69 Å². The van der Waals surface area contributed by atoms with Crippen LogP contribution in [0.3, 0.4) is 0 Å². The molecule has 2 aromatic rings. The minimum absolute atomic E-state index is 0.0620. The summed E-state index contributed by atoms with van der Waals surface area (Å²) in [7, 11) is 0. The van der Waals surface area contributed by atoms with Crippen LogP contribution in [0.15, 0.2) is 48.5 Å². The first kappa shape index (κ1) is 15.7. The van der Waals surface area contributed by atoms with E-state index in [9.17, 15) is 4.79 Å². The molecular formula is C19H23N3O. The molecule has 0 unspecified atom stereocenters. The number of benzene rings is 2. The van der Waals surface area contributed by atoms with E-state index in [0.717, 1.165) is 44.0 Å². The van der Waals surface area contributed by atoms with E-state index in [2.05, 4.69) is 27.7 Å². The van der Waals surface area contributed by atoms with E-state index in [4.69, 9.17) is 0 Å². The van der Waals surface area contributed by atoms with Crippen LogP contribution in [0.1, 0.15) is 21.5 Å². The average Bonchev–Trinajstić information content (AvgIpc) is 2.58. The Bertz CT molecular complexity index is 661. The molecule has 0 bridgehead atoms. The number of rotatable bonds is 4. The van der Waals surface area contributed by atoms with Gasteiger partial charge < -0.3 is 10.6 Å². The van der Waals surface area contributed by atoms with Crippen LogP contribution in [-0.4, -0.2) is 37.0 Å². The first-order valence-electron chi connectivity index (χ1n) is 8.11. The molecular weight excluding hydrogens is 286 g/mol. The zero-order chi connectivity index (χ0) is 16.1. The predicted octanol–water partition coefficient (Wildman–Crippen LogP) is 2.65. The molecule has 0 radical (unpaired) electrons. The average molecular weight is 309 g/mol. The molecule has 0 spiro atoms. The lowest BCUT2D eigenvalue weighted by Gasteiger charge is -2.27. The van der Waals surface area contributed by atoms with E-state index in [1.165, 1.54) is 5.56 Å². The summed E-state index contributed by atoms with van der Waals surface area (Å²) in [6.45, 7) is 7.20. The molecule has 2 N–H and O–H groups in total. The van der Waals surface area contributed by atoms with E-state index in [1.807, 2.05) is 43.3 Å². The second-order valence-corrected chi connectivity index (χ2v) is 5.99. The number of carbonyl (C=O) groups excluding carboxylic acids is 1. The van der Waals surface area contributed by atoms with Crippen molar-refractivity contribution in [2.45, 2.75) is 13.5 Å². The molecule has 1 heterocycles. The second-order valence-electron chi connectivity index (χ2n) is 5.99. The van der Waals surface area contributed by atoms with Crippen LogP contribution in [0.5, 0.6) is 0 Å². The number of para-hydroxylation sites is 1. The Kier molecular flexibility index (Phi) is 5.05. The number of piperazine rings is 1. The van der Waals surface area contributed by atoms with Crippen molar-refractivity contribution in [1.29, 1.82) is 0 Å². The summed E-state index contributed by atoms with van der Waals surface area (Å²) in [5.41, 5.74) is 3.87. The van der Waals surface area contributed by atoms with Crippen molar-refractivity contribution >= 4 is 11.6 Å². The number of hydrogen-bond acceptors (Lipinski definition) is 3. The van der Waals surface area contributed by atoms with Crippen LogP contribution >= 0.6 is 0 Å². The molecule has 1 fully saturated rings. The minimum atomic E-state index is -0.0620. The van der Waals surface area contributed by atoms with Gasteiger partial charge in [0.1, 0.15) is 0 Å². The number of nitrogens with one attached hydrogen (secondary N) is 2. The van der Waals surface area contributed by atoms with Gasteiger partial charge in [0.15, 0.2) is 0 Å². The molecule has 0 aromatic heterocycles. The molecule has 1 saturated heterocycles. The van der Waals surface area contributed by atoms with Crippen molar-refractivity contribution in [1.82, 2.24) is 10.2 Å². The highest BCUT2D eigenvalue weighted by Crippen LogP contribution is 2.15. The van der Waals surface area contributed by atoms with Crippen LogP contribution < -0.4 is 10.6 Å². The predicted molar refractivity (Wildman–Crippen MR) is 93.7 cm³/mol. The Morgan fingerprint density at radius 3 is 2.48 bits per heavy atom. The fraction of sp³-hybridized carbons (Fsp3) is 0.316. The van der Waals surface area contributed by atoms with Gasteiger partial charge in [-0.25, -0.2) is 0 Å². The summed E-state index contributed by atoms with van der Waals surface area (Å²) in [5, 5.41) is 6.33.